The van der Waals surface area contributed by atoms with E-state index < -0.39 is 0 Å². The first-order valence-corrected chi connectivity index (χ1v) is 17.2. The van der Waals surface area contributed by atoms with E-state index in [1.165, 1.54) is 50.1 Å². The zero-order valence-corrected chi connectivity index (χ0v) is 28.9. The highest BCUT2D eigenvalue weighted by atomic mass is 16.3. The van der Waals surface area contributed by atoms with Crippen LogP contribution >= 0.6 is 0 Å². The number of benzene rings is 6. The Bertz CT molecular complexity index is 2430. The lowest BCUT2D eigenvalue weighted by atomic mass is 9.81. The van der Waals surface area contributed by atoms with Gasteiger partial charge in [-0.3, -0.25) is 0 Å². The highest BCUT2D eigenvalue weighted by molar-refractivity contribution is 6.16. The quantitative estimate of drug-likeness (QED) is 0.195. The van der Waals surface area contributed by atoms with Crippen LogP contribution in [0.3, 0.4) is 0 Å². The Hall–Kier alpha value is -5.08. The molecule has 236 valence electrons. The Morgan fingerprint density at radius 1 is 0.521 bits per heavy atom. The molecule has 2 nitrogen and oxygen atoms in total. The number of hydrogen-bond acceptors (Lipinski definition) is 2. The maximum absolute atomic E-state index is 6.94. The molecule has 0 saturated carbocycles. The molecule has 9 rings (SSSR count). The van der Waals surface area contributed by atoms with Crippen LogP contribution in [-0.4, -0.2) is 0 Å². The van der Waals surface area contributed by atoms with E-state index in [2.05, 4.69) is 175 Å². The molecule has 0 unspecified atom stereocenters. The van der Waals surface area contributed by atoms with E-state index in [-0.39, 0.29) is 16.2 Å². The van der Waals surface area contributed by atoms with Crippen LogP contribution in [0, 0.1) is 0 Å². The van der Waals surface area contributed by atoms with Gasteiger partial charge in [0, 0.05) is 38.5 Å². The molecule has 0 atom stereocenters. The topological polar surface area (TPSA) is 16.4 Å². The van der Waals surface area contributed by atoms with Gasteiger partial charge in [0.05, 0.1) is 5.69 Å². The van der Waals surface area contributed by atoms with E-state index in [1.54, 1.807) is 0 Å². The highest BCUT2D eigenvalue weighted by Crippen LogP contribution is 2.58. The number of furan rings is 1. The number of anilines is 3. The fraction of sp³-hybridized carbons (Fsp3) is 0.217. The van der Waals surface area contributed by atoms with Gasteiger partial charge < -0.3 is 9.32 Å². The van der Waals surface area contributed by atoms with Gasteiger partial charge in [-0.2, -0.15) is 0 Å². The van der Waals surface area contributed by atoms with Crippen LogP contribution in [0.2, 0.25) is 0 Å². The average molecular weight is 624 g/mol. The third kappa shape index (κ3) is 3.92. The number of para-hydroxylation sites is 1. The second-order valence-corrected chi connectivity index (χ2v) is 15.8. The fourth-order valence-corrected chi connectivity index (χ4v) is 8.56. The first kappa shape index (κ1) is 29.1. The van der Waals surface area contributed by atoms with Crippen LogP contribution in [0.1, 0.15) is 76.3 Å². The first-order chi connectivity index (χ1) is 23.0. The van der Waals surface area contributed by atoms with Gasteiger partial charge in [0.2, 0.25) is 0 Å². The van der Waals surface area contributed by atoms with Gasteiger partial charge in [-0.05, 0) is 86.3 Å². The van der Waals surface area contributed by atoms with Crippen molar-refractivity contribution in [1.29, 1.82) is 0 Å². The Labute approximate surface area is 283 Å². The van der Waals surface area contributed by atoms with E-state index in [0.29, 0.717) is 0 Å². The van der Waals surface area contributed by atoms with Crippen molar-refractivity contribution in [3.63, 3.8) is 0 Å². The molecule has 0 radical (unpaired) electrons. The molecule has 0 N–H and O–H groups in total. The van der Waals surface area contributed by atoms with Crippen LogP contribution in [0.25, 0.3) is 44.2 Å². The van der Waals surface area contributed by atoms with Crippen molar-refractivity contribution in [3.05, 3.63) is 149 Å². The van der Waals surface area contributed by atoms with Gasteiger partial charge in [0.1, 0.15) is 5.58 Å². The van der Waals surface area contributed by atoms with Crippen molar-refractivity contribution in [2.75, 3.05) is 4.90 Å². The molecule has 1 heterocycles. The number of fused-ring (bicyclic) bond motifs is 9. The Morgan fingerprint density at radius 2 is 1.10 bits per heavy atom. The fourth-order valence-electron chi connectivity index (χ4n) is 8.56. The van der Waals surface area contributed by atoms with Crippen molar-refractivity contribution in [2.45, 2.75) is 64.7 Å². The lowest BCUT2D eigenvalue weighted by Gasteiger charge is -2.31. The molecule has 0 amide bonds. The van der Waals surface area contributed by atoms with Crippen LogP contribution in [0.15, 0.2) is 126 Å². The SMILES string of the molecule is CC(C)(C)c1ccc(N(c2ccc3c(c2)C(C)(C)c2ccccc2-3)c2c3c(cc4c2oc2ccccc24)C(C)(C)c2ccccc2-3)cc1. The Balaban J connectivity index is 1.40. The third-order valence-electron chi connectivity index (χ3n) is 11.2. The van der Waals surface area contributed by atoms with Crippen LogP contribution in [0.5, 0.6) is 0 Å². The normalized spacial score (nSPS) is 15.3. The van der Waals surface area contributed by atoms with E-state index in [9.17, 15) is 0 Å². The number of hydrogen-bond donors (Lipinski definition) is 0. The summed E-state index contributed by atoms with van der Waals surface area (Å²) in [6, 6.07) is 45.0. The van der Waals surface area contributed by atoms with Gasteiger partial charge in [0.15, 0.2) is 5.58 Å². The maximum atomic E-state index is 6.94. The lowest BCUT2D eigenvalue weighted by Crippen LogP contribution is -2.18. The highest BCUT2D eigenvalue weighted by Gasteiger charge is 2.41. The second-order valence-electron chi connectivity index (χ2n) is 15.8. The zero-order chi connectivity index (χ0) is 33.2. The third-order valence-corrected chi connectivity index (χ3v) is 11.2. The summed E-state index contributed by atoms with van der Waals surface area (Å²) in [5.74, 6) is 0. The average Bonchev–Trinajstić information content (AvgIpc) is 3.65. The Morgan fingerprint density at radius 3 is 1.83 bits per heavy atom. The van der Waals surface area contributed by atoms with Crippen molar-refractivity contribution < 1.29 is 4.42 Å². The minimum absolute atomic E-state index is 0.0513. The Kier molecular flexibility index (Phi) is 5.90. The molecule has 0 spiro atoms. The monoisotopic (exact) mass is 623 g/mol. The molecule has 48 heavy (non-hydrogen) atoms. The van der Waals surface area contributed by atoms with Crippen LogP contribution < -0.4 is 4.90 Å². The summed E-state index contributed by atoms with van der Waals surface area (Å²) in [4.78, 5) is 2.48. The molecule has 0 fully saturated rings. The minimum Gasteiger partial charge on any atom is -0.454 e. The summed E-state index contributed by atoms with van der Waals surface area (Å²) < 4.78 is 6.94. The molecule has 0 bridgehead atoms. The van der Waals surface area contributed by atoms with Crippen molar-refractivity contribution in [2.24, 2.45) is 0 Å². The standard InChI is InChI=1S/C46H41NO/c1-44(2,3)28-20-22-29(23-21-28)47(30-24-25-32-31-14-8-11-17-36(31)45(4,5)38(32)26-30)42-41-34-16-9-12-18-37(34)46(6,7)39(41)27-35-33-15-10-13-19-40(33)48-43(35)42/h8-27H,1-7H3. The molecule has 0 aliphatic heterocycles. The second kappa shape index (κ2) is 9.73. The van der Waals surface area contributed by atoms with Crippen LogP contribution in [0.4, 0.5) is 17.1 Å². The summed E-state index contributed by atoms with van der Waals surface area (Å²) in [5.41, 5.74) is 16.9. The van der Waals surface area contributed by atoms with Gasteiger partial charge in [-0.1, -0.05) is 133 Å². The van der Waals surface area contributed by atoms with Gasteiger partial charge in [-0.15, -0.1) is 0 Å². The van der Waals surface area contributed by atoms with E-state index in [0.717, 1.165) is 39.0 Å². The first-order valence-electron chi connectivity index (χ1n) is 17.2. The molecule has 6 aromatic carbocycles. The largest absolute Gasteiger partial charge is 0.454 e. The van der Waals surface area contributed by atoms with Crippen molar-refractivity contribution >= 4 is 39.0 Å². The molecule has 2 aliphatic rings. The summed E-state index contributed by atoms with van der Waals surface area (Å²) in [6.45, 7) is 16.3. The summed E-state index contributed by atoms with van der Waals surface area (Å²) in [7, 11) is 0. The van der Waals surface area contributed by atoms with Gasteiger partial charge in [-0.25, -0.2) is 0 Å². The van der Waals surface area contributed by atoms with Gasteiger partial charge in [0.25, 0.3) is 0 Å². The summed E-state index contributed by atoms with van der Waals surface area (Å²) in [6.07, 6.45) is 0. The molecule has 0 saturated heterocycles. The predicted molar refractivity (Wildman–Crippen MR) is 202 cm³/mol. The summed E-state index contributed by atoms with van der Waals surface area (Å²) in [5, 5.41) is 2.31. The van der Waals surface area contributed by atoms with Crippen LogP contribution in [-0.2, 0) is 16.2 Å². The van der Waals surface area contributed by atoms with Gasteiger partial charge >= 0.3 is 0 Å². The summed E-state index contributed by atoms with van der Waals surface area (Å²) >= 11 is 0. The molecule has 2 aliphatic carbocycles. The molecular weight excluding hydrogens is 583 g/mol. The number of nitrogens with zero attached hydrogens (tertiary/aromatic N) is 1. The lowest BCUT2D eigenvalue weighted by molar-refractivity contribution is 0.590. The zero-order valence-electron chi connectivity index (χ0n) is 28.9. The molecule has 1 aromatic heterocycles. The molecule has 2 heteroatoms. The van der Waals surface area contributed by atoms with Crippen molar-refractivity contribution in [1.82, 2.24) is 0 Å². The number of rotatable bonds is 3. The van der Waals surface area contributed by atoms with E-state index >= 15 is 0 Å². The van der Waals surface area contributed by atoms with Crippen molar-refractivity contribution in [3.8, 4) is 22.3 Å². The molecule has 7 aromatic rings. The minimum atomic E-state index is -0.170. The smallest absolute Gasteiger partial charge is 0.160 e. The van der Waals surface area contributed by atoms with E-state index in [4.69, 9.17) is 4.42 Å². The molecular formula is C46H41NO. The van der Waals surface area contributed by atoms with E-state index in [1.807, 2.05) is 0 Å². The maximum Gasteiger partial charge on any atom is 0.160 e. The predicted octanol–water partition coefficient (Wildman–Crippen LogP) is 13.0.